The molecule has 0 spiro atoms. The van der Waals surface area contributed by atoms with Gasteiger partial charge in [0, 0.05) is 16.7 Å². The smallest absolute Gasteiger partial charge is 0.241 e. The quantitative estimate of drug-likeness (QED) is 0.871. The molecule has 1 aliphatic rings. The third-order valence-electron chi connectivity index (χ3n) is 3.28. The molecule has 2 rings (SSSR count). The SMILES string of the molecule is C[C@H]1C[C@@H](C(=O)Nc2cccc(Br)c2)N(CC#N)C1. The monoisotopic (exact) mass is 321 g/mol. The van der Waals surface area contributed by atoms with Crippen LogP contribution in [0.4, 0.5) is 5.69 Å². The van der Waals surface area contributed by atoms with Gasteiger partial charge in [-0.3, -0.25) is 9.69 Å². The summed E-state index contributed by atoms with van der Waals surface area (Å²) in [6.07, 6.45) is 0.807. The van der Waals surface area contributed by atoms with Crippen LogP contribution < -0.4 is 5.32 Å². The Morgan fingerprint density at radius 3 is 3.11 bits per heavy atom. The number of nitrogens with zero attached hydrogens (tertiary/aromatic N) is 2. The van der Waals surface area contributed by atoms with Crippen molar-refractivity contribution < 1.29 is 4.79 Å². The van der Waals surface area contributed by atoms with E-state index < -0.39 is 0 Å². The number of likely N-dealkylation sites (tertiary alicyclic amines) is 1. The van der Waals surface area contributed by atoms with Gasteiger partial charge in [-0.15, -0.1) is 0 Å². The molecule has 1 fully saturated rings. The first-order chi connectivity index (χ1) is 9.10. The molecule has 0 unspecified atom stereocenters. The summed E-state index contributed by atoms with van der Waals surface area (Å²) in [5.74, 6) is 0.421. The number of benzene rings is 1. The molecule has 0 aliphatic carbocycles. The zero-order valence-electron chi connectivity index (χ0n) is 10.8. The highest BCUT2D eigenvalue weighted by Crippen LogP contribution is 2.24. The fraction of sp³-hybridized carbons (Fsp3) is 0.429. The van der Waals surface area contributed by atoms with E-state index in [2.05, 4.69) is 34.2 Å². The highest BCUT2D eigenvalue weighted by atomic mass is 79.9. The molecule has 0 radical (unpaired) electrons. The summed E-state index contributed by atoms with van der Waals surface area (Å²) < 4.78 is 0.930. The highest BCUT2D eigenvalue weighted by Gasteiger charge is 2.34. The van der Waals surface area contributed by atoms with Gasteiger partial charge in [0.05, 0.1) is 18.7 Å². The van der Waals surface area contributed by atoms with Gasteiger partial charge in [0.2, 0.25) is 5.91 Å². The van der Waals surface area contributed by atoms with Gasteiger partial charge >= 0.3 is 0 Å². The molecule has 100 valence electrons. The number of carbonyl (C=O) groups is 1. The van der Waals surface area contributed by atoms with Crippen LogP contribution in [0.15, 0.2) is 28.7 Å². The molecule has 0 bridgehead atoms. The summed E-state index contributed by atoms with van der Waals surface area (Å²) in [5, 5.41) is 11.7. The second-order valence-corrected chi connectivity index (χ2v) is 5.86. The Morgan fingerprint density at radius 2 is 2.42 bits per heavy atom. The number of rotatable bonds is 3. The van der Waals surface area contributed by atoms with Crippen LogP contribution in [0.2, 0.25) is 0 Å². The minimum absolute atomic E-state index is 0.0299. The first-order valence-corrected chi connectivity index (χ1v) is 7.07. The summed E-state index contributed by atoms with van der Waals surface area (Å²) in [7, 11) is 0. The van der Waals surface area contributed by atoms with Gasteiger partial charge in [-0.1, -0.05) is 28.9 Å². The lowest BCUT2D eigenvalue weighted by atomic mass is 10.1. The Kier molecular flexibility index (Phi) is 4.56. The van der Waals surface area contributed by atoms with Gasteiger partial charge in [0.15, 0.2) is 0 Å². The fourth-order valence-corrected chi connectivity index (χ4v) is 2.86. The molecule has 0 aromatic heterocycles. The highest BCUT2D eigenvalue weighted by molar-refractivity contribution is 9.10. The summed E-state index contributed by atoms with van der Waals surface area (Å²) in [4.78, 5) is 14.2. The van der Waals surface area contributed by atoms with E-state index >= 15 is 0 Å². The van der Waals surface area contributed by atoms with E-state index in [9.17, 15) is 4.79 Å². The molecule has 2 atom stereocenters. The summed E-state index contributed by atoms with van der Waals surface area (Å²) in [6, 6.07) is 9.44. The summed E-state index contributed by atoms with van der Waals surface area (Å²) in [6.45, 7) is 3.22. The van der Waals surface area contributed by atoms with Crippen LogP contribution in [-0.4, -0.2) is 29.9 Å². The maximum Gasteiger partial charge on any atom is 0.241 e. The molecule has 1 N–H and O–H groups in total. The second kappa shape index (κ2) is 6.18. The van der Waals surface area contributed by atoms with Gasteiger partial charge in [-0.2, -0.15) is 5.26 Å². The molecule has 5 heteroatoms. The molecule has 1 heterocycles. The van der Waals surface area contributed by atoms with Crippen molar-refractivity contribution in [3.63, 3.8) is 0 Å². The van der Waals surface area contributed by atoms with E-state index in [0.29, 0.717) is 12.5 Å². The van der Waals surface area contributed by atoms with Gasteiger partial charge < -0.3 is 5.32 Å². The standard InChI is InChI=1S/C14H16BrN3O/c1-10-7-13(18(9-10)6-5-16)14(19)17-12-4-2-3-11(15)8-12/h2-4,8,10,13H,6-7,9H2,1H3,(H,17,19)/t10-,13-/m0/s1. The lowest BCUT2D eigenvalue weighted by Crippen LogP contribution is -2.39. The van der Waals surface area contributed by atoms with E-state index in [1.807, 2.05) is 29.2 Å². The van der Waals surface area contributed by atoms with Crippen LogP contribution in [0.25, 0.3) is 0 Å². The Morgan fingerprint density at radius 1 is 1.63 bits per heavy atom. The average molecular weight is 322 g/mol. The van der Waals surface area contributed by atoms with E-state index in [1.165, 1.54) is 0 Å². The number of nitrogens with one attached hydrogen (secondary N) is 1. The van der Waals surface area contributed by atoms with Crippen molar-refractivity contribution >= 4 is 27.5 Å². The number of hydrogen-bond donors (Lipinski definition) is 1. The Balaban J connectivity index is 2.05. The molecule has 4 nitrogen and oxygen atoms in total. The van der Waals surface area contributed by atoms with Crippen LogP contribution in [0.3, 0.4) is 0 Å². The van der Waals surface area contributed by atoms with Crippen molar-refractivity contribution in [3.8, 4) is 6.07 Å². The predicted octanol–water partition coefficient (Wildman–Crippen LogP) is 2.62. The Bertz CT molecular complexity index is 512. The van der Waals surface area contributed by atoms with Crippen LogP contribution in [0, 0.1) is 17.2 Å². The van der Waals surface area contributed by atoms with Crippen molar-refractivity contribution in [2.75, 3.05) is 18.4 Å². The Labute approximate surface area is 121 Å². The second-order valence-electron chi connectivity index (χ2n) is 4.94. The fourth-order valence-electron chi connectivity index (χ4n) is 2.46. The zero-order chi connectivity index (χ0) is 13.8. The molecular formula is C14H16BrN3O. The van der Waals surface area contributed by atoms with Crippen molar-refractivity contribution in [1.29, 1.82) is 5.26 Å². The maximum atomic E-state index is 12.3. The number of carbonyl (C=O) groups excluding carboxylic acids is 1. The van der Waals surface area contributed by atoms with E-state index in [1.54, 1.807) is 0 Å². The Hall–Kier alpha value is -1.38. The summed E-state index contributed by atoms with van der Waals surface area (Å²) in [5.41, 5.74) is 0.774. The number of anilines is 1. The molecular weight excluding hydrogens is 306 g/mol. The molecule has 1 aromatic carbocycles. The lowest BCUT2D eigenvalue weighted by Gasteiger charge is -2.20. The topological polar surface area (TPSA) is 56.1 Å². The van der Waals surface area contributed by atoms with Crippen molar-refractivity contribution in [1.82, 2.24) is 4.90 Å². The van der Waals surface area contributed by atoms with Crippen LogP contribution >= 0.6 is 15.9 Å². The molecule has 1 aromatic rings. The molecule has 1 saturated heterocycles. The molecule has 1 aliphatic heterocycles. The third kappa shape index (κ3) is 3.55. The first-order valence-electron chi connectivity index (χ1n) is 6.27. The average Bonchev–Trinajstić information content (AvgIpc) is 2.71. The van der Waals surface area contributed by atoms with Crippen LogP contribution in [0.5, 0.6) is 0 Å². The van der Waals surface area contributed by atoms with Gasteiger partial charge in [0.1, 0.15) is 0 Å². The van der Waals surface area contributed by atoms with Crippen LogP contribution in [-0.2, 0) is 4.79 Å². The lowest BCUT2D eigenvalue weighted by molar-refractivity contribution is -0.120. The van der Waals surface area contributed by atoms with Gasteiger partial charge in [0.25, 0.3) is 0 Å². The normalized spacial score (nSPS) is 23.0. The third-order valence-corrected chi connectivity index (χ3v) is 3.77. The molecule has 0 saturated carbocycles. The van der Waals surface area contributed by atoms with Crippen molar-refractivity contribution in [2.45, 2.75) is 19.4 Å². The zero-order valence-corrected chi connectivity index (χ0v) is 12.4. The number of hydrogen-bond acceptors (Lipinski definition) is 3. The number of amides is 1. The van der Waals surface area contributed by atoms with Crippen molar-refractivity contribution in [2.24, 2.45) is 5.92 Å². The largest absolute Gasteiger partial charge is 0.325 e. The maximum absolute atomic E-state index is 12.3. The minimum atomic E-state index is -0.200. The number of halogens is 1. The predicted molar refractivity (Wildman–Crippen MR) is 77.5 cm³/mol. The number of nitriles is 1. The van der Waals surface area contributed by atoms with E-state index in [4.69, 9.17) is 5.26 Å². The van der Waals surface area contributed by atoms with E-state index in [-0.39, 0.29) is 11.9 Å². The van der Waals surface area contributed by atoms with Crippen molar-refractivity contribution in [3.05, 3.63) is 28.7 Å². The minimum Gasteiger partial charge on any atom is -0.325 e. The van der Waals surface area contributed by atoms with Crippen LogP contribution in [0.1, 0.15) is 13.3 Å². The van der Waals surface area contributed by atoms with Gasteiger partial charge in [-0.25, -0.2) is 0 Å². The first kappa shape index (κ1) is 14.0. The van der Waals surface area contributed by atoms with E-state index in [0.717, 1.165) is 23.1 Å². The van der Waals surface area contributed by atoms with Gasteiger partial charge in [-0.05, 0) is 30.5 Å². The summed E-state index contributed by atoms with van der Waals surface area (Å²) >= 11 is 3.38. The molecule has 19 heavy (non-hydrogen) atoms. The molecule has 1 amide bonds.